The van der Waals surface area contributed by atoms with Crippen LogP contribution in [0.4, 0.5) is 26.2 Å². The zero-order valence-electron chi connectivity index (χ0n) is 72.2. The summed E-state index contributed by atoms with van der Waals surface area (Å²) in [5, 5.41) is 66.2. The Bertz CT molecular complexity index is 7430. The molecule has 4 N–H and O–H groups in total. The molecule has 0 saturated carbocycles. The number of ether oxygens (including phenoxy) is 4. The molecule has 0 spiro atoms. The number of fused-ring (bicyclic) bond motifs is 1. The van der Waals surface area contributed by atoms with Gasteiger partial charge < -0.3 is 39.4 Å². The standard InChI is InChI=1S/C26H15Cl2N3O7S2.C25H21ClN2O7S.C25H18N2O3S.C21H16ClN3O4S/c27-15-7-5-14(6-8-15)23(32)21-22(18-3-1-2-4-19(18)28)30(25(34)24(21)33)26-29-13-20(39-26)40(37,38)17-11-9-16(10-12-17)31(35)36;1-12-22(24(32)35-4)36-25(27-12)28-19(14-7-10-16(33-2)17(11-14)34-3)18(21(30)23(28)31)20(29)13-5-8-15(26)9-6-13;1-15-11-13-16(14-12-15)21-20(22(28)17-7-3-2-4-8-17)23(29)24(30)27(21)25-26-18-9-5-6-10-19(18)31-25;1-11-23-24-21(30-11)25-17(12-3-7-14(22)8-4-12)16(19(27)20(25)28)18(26)13-5-9-15(29-2)10-6-13/h1-13,22,32H;5-11,19,29H,1-4H3;2-14,21,28H,1H3;3-10,17,26H,1-2H3. The van der Waals surface area contributed by atoms with Crippen molar-refractivity contribution in [2.24, 2.45) is 0 Å². The van der Waals surface area contributed by atoms with Crippen LogP contribution in [-0.4, -0.2) is 140 Å². The molecular formula is C97H70Cl4N10O21S5. The summed E-state index contributed by atoms with van der Waals surface area (Å²) >= 11 is 28.5. The highest BCUT2D eigenvalue weighted by molar-refractivity contribution is 7.93. The van der Waals surface area contributed by atoms with E-state index in [1.54, 1.807) is 153 Å². The number of esters is 1. The van der Waals surface area contributed by atoms with Gasteiger partial charge in [0.2, 0.25) is 15.0 Å². The number of sulfone groups is 1. The number of aromatic nitrogens is 5. The second-order valence-corrected chi connectivity index (χ2v) is 38.1. The second kappa shape index (κ2) is 40.7. The molecule has 692 valence electrons. The molecule has 4 aromatic heterocycles. The number of halogens is 4. The maximum Gasteiger partial charge on any atom is 0.350 e. The van der Waals surface area contributed by atoms with Gasteiger partial charge in [0.15, 0.2) is 26.9 Å². The Morgan fingerprint density at radius 2 is 0.876 bits per heavy atom. The number of thiazole rings is 3. The summed E-state index contributed by atoms with van der Waals surface area (Å²) in [5.74, 6) is -7.40. The fourth-order valence-corrected chi connectivity index (χ4v) is 21.0. The molecule has 8 heterocycles. The molecule has 4 aliphatic heterocycles. The number of Topliss-reactive ketones (excluding diaryl/α,β-unsaturated/α-hetero) is 4. The number of nitro groups is 1. The van der Waals surface area contributed by atoms with E-state index in [1.807, 2.05) is 61.5 Å². The predicted octanol–water partition coefficient (Wildman–Crippen LogP) is 19.7. The first-order valence-corrected chi connectivity index (χ1v) is 46.8. The van der Waals surface area contributed by atoms with Gasteiger partial charge in [-0.15, -0.1) is 10.2 Å². The Morgan fingerprint density at radius 3 is 1.36 bits per heavy atom. The number of hydrogen-bond donors (Lipinski definition) is 4. The van der Waals surface area contributed by atoms with Gasteiger partial charge in [0.05, 0.1) is 107 Å². The summed E-state index contributed by atoms with van der Waals surface area (Å²) in [6.07, 6.45) is 1.03. The third-order valence-corrected chi connectivity index (χ3v) is 29.1. The summed E-state index contributed by atoms with van der Waals surface area (Å²) in [5.41, 5.74) is 5.00. The van der Waals surface area contributed by atoms with Crippen molar-refractivity contribution in [1.29, 1.82) is 0 Å². The van der Waals surface area contributed by atoms with Crippen LogP contribution < -0.4 is 33.8 Å². The largest absolute Gasteiger partial charge is 0.507 e. The number of ketones is 4. The topological polar surface area (TPSA) is 426 Å². The van der Waals surface area contributed by atoms with Crippen LogP contribution in [-0.2, 0) is 52.9 Å². The van der Waals surface area contributed by atoms with Crippen LogP contribution in [0.2, 0.25) is 20.1 Å². The van der Waals surface area contributed by atoms with E-state index < -0.39 is 97.4 Å². The van der Waals surface area contributed by atoms with E-state index in [-0.39, 0.29) is 85.2 Å². The quantitative estimate of drug-likeness (QED) is 0.0146. The van der Waals surface area contributed by atoms with Gasteiger partial charge in [-0.1, -0.05) is 200 Å². The highest BCUT2D eigenvalue weighted by atomic mass is 35.5. The molecule has 4 unspecified atom stereocenters. The molecule has 10 aromatic carbocycles. The number of rotatable bonds is 19. The lowest BCUT2D eigenvalue weighted by atomic mass is 9.95. The van der Waals surface area contributed by atoms with E-state index in [9.17, 15) is 82.1 Å². The van der Waals surface area contributed by atoms with E-state index >= 15 is 0 Å². The van der Waals surface area contributed by atoms with Crippen molar-refractivity contribution in [3.05, 3.63) is 367 Å². The molecule has 18 rings (SSSR count). The molecule has 4 amide bonds. The average Bonchev–Trinajstić information content (AvgIpc) is 1.60. The number of non-ortho nitro benzene ring substituents is 1. The normalized spacial score (nSPS) is 17.4. The van der Waals surface area contributed by atoms with Gasteiger partial charge in [-0.25, -0.2) is 28.2 Å². The van der Waals surface area contributed by atoms with Crippen LogP contribution in [0.25, 0.3) is 33.3 Å². The monoisotopic (exact) mass is 2010 g/mol. The molecule has 31 nitrogen and oxygen atoms in total. The number of aliphatic hydroxyl groups is 4. The number of para-hydroxylation sites is 1. The third-order valence-electron chi connectivity index (χ3n) is 21.8. The number of amides is 4. The Kier molecular flexibility index (Phi) is 28.7. The number of nitrogens with zero attached hydrogens (tertiary/aromatic N) is 10. The van der Waals surface area contributed by atoms with Crippen LogP contribution in [0.15, 0.2) is 280 Å². The Hall–Kier alpha value is -15.0. The second-order valence-electron chi connectivity index (χ2n) is 30.1. The molecule has 0 radical (unpaired) electrons. The Labute approximate surface area is 814 Å². The highest BCUT2D eigenvalue weighted by Gasteiger charge is 2.53. The number of hydrogen-bond acceptors (Lipinski definition) is 30. The third kappa shape index (κ3) is 19.3. The molecule has 4 aliphatic rings. The van der Waals surface area contributed by atoms with Crippen LogP contribution >= 0.6 is 91.8 Å². The van der Waals surface area contributed by atoms with Gasteiger partial charge in [-0.2, -0.15) is 0 Å². The minimum Gasteiger partial charge on any atom is -0.507 e. The number of anilines is 4. The Balaban J connectivity index is 0.000000140. The lowest BCUT2D eigenvalue weighted by molar-refractivity contribution is -0.384. The summed E-state index contributed by atoms with van der Waals surface area (Å²) in [7, 11) is 1.53. The summed E-state index contributed by atoms with van der Waals surface area (Å²) < 4.78 is 47.8. The maximum absolute atomic E-state index is 13.4. The van der Waals surface area contributed by atoms with E-state index in [0.717, 1.165) is 72.9 Å². The fraction of sp³-hybridized carbons (Fsp3) is 0.113. The minimum atomic E-state index is -4.18. The molecule has 4 fully saturated rings. The maximum atomic E-state index is 13.4. The highest BCUT2D eigenvalue weighted by Crippen LogP contribution is 2.51. The van der Waals surface area contributed by atoms with Gasteiger partial charge in [0.1, 0.15) is 42.9 Å². The van der Waals surface area contributed by atoms with E-state index in [4.69, 9.17) is 65.4 Å². The number of aryl methyl sites for hydroxylation is 3. The lowest BCUT2D eigenvalue weighted by Gasteiger charge is -2.23. The van der Waals surface area contributed by atoms with Crippen LogP contribution in [0.5, 0.6) is 17.2 Å². The molecule has 4 atom stereocenters. The molecule has 0 aliphatic carbocycles. The predicted molar refractivity (Wildman–Crippen MR) is 518 cm³/mol. The van der Waals surface area contributed by atoms with E-state index in [1.165, 1.54) is 85.2 Å². The van der Waals surface area contributed by atoms with Gasteiger partial charge in [0.25, 0.3) is 28.8 Å². The molecule has 0 bridgehead atoms. The number of carbonyl (C=O) groups excluding carboxylic acids is 9. The smallest absolute Gasteiger partial charge is 0.350 e. The van der Waals surface area contributed by atoms with Crippen molar-refractivity contribution >= 4 is 214 Å². The number of carbonyl (C=O) groups is 9. The summed E-state index contributed by atoms with van der Waals surface area (Å²) in [4.78, 5) is 146. The zero-order valence-corrected chi connectivity index (χ0v) is 79.3. The minimum absolute atomic E-state index is 0.0275. The number of benzene rings is 10. The van der Waals surface area contributed by atoms with Gasteiger partial charge in [-0.05, 0) is 170 Å². The fourth-order valence-electron chi connectivity index (χ4n) is 15.1. The molecule has 137 heavy (non-hydrogen) atoms. The first-order chi connectivity index (χ1) is 65.7. The SMILES string of the molecule is COC(=O)c1sc(N2C(=O)C(=O)C(=C(O)c3ccc(Cl)cc3)C2c2ccc(OC)c(OC)c2)nc1C.COc1ccc(C(O)=C2C(=O)C(=O)N(c3nnc(C)s3)C2c2ccc(Cl)cc2)cc1.Cc1ccc(C2C(=C(O)c3ccccc3)C(=O)C(=O)N2c2nc3ccccc3s2)cc1.O=C1C(=O)N(c2ncc(S(=O)(=O)c3ccc([N+](=O)[O-])cc3)s2)C(c2ccccc2Cl)C1=C(O)c1ccc(Cl)cc1. The van der Waals surface area contributed by atoms with Crippen molar-refractivity contribution in [2.45, 2.75) is 54.0 Å². The number of methoxy groups -OCH3 is 4. The van der Waals surface area contributed by atoms with E-state index in [2.05, 4.69) is 25.1 Å². The first kappa shape index (κ1) is 96.6. The molecule has 40 heteroatoms. The summed E-state index contributed by atoms with van der Waals surface area (Å²) in [6.45, 7) is 5.33. The van der Waals surface area contributed by atoms with Crippen LogP contribution in [0.1, 0.15) is 94.6 Å². The van der Waals surface area contributed by atoms with E-state index in [0.29, 0.717) is 92.9 Å². The zero-order chi connectivity index (χ0) is 97.9. The van der Waals surface area contributed by atoms with Crippen molar-refractivity contribution in [3.63, 3.8) is 0 Å². The van der Waals surface area contributed by atoms with Crippen LogP contribution in [0, 0.1) is 30.9 Å². The van der Waals surface area contributed by atoms with Crippen molar-refractivity contribution in [3.8, 4) is 17.2 Å². The number of nitro benzene ring substituents is 1. The molecule has 14 aromatic rings. The van der Waals surface area contributed by atoms with Crippen molar-refractivity contribution < 1.29 is 95.9 Å². The lowest BCUT2D eigenvalue weighted by Crippen LogP contribution is -2.29. The molecule has 4 saturated heterocycles. The average molecular weight is 2010 g/mol. The van der Waals surface area contributed by atoms with Crippen molar-refractivity contribution in [1.82, 2.24) is 25.1 Å². The van der Waals surface area contributed by atoms with Gasteiger partial charge in [-0.3, -0.25) is 68.1 Å². The molecular weight excluding hydrogens is 1940 g/mol. The van der Waals surface area contributed by atoms with Crippen LogP contribution in [0.3, 0.4) is 0 Å². The van der Waals surface area contributed by atoms with Gasteiger partial charge >= 0.3 is 29.6 Å². The van der Waals surface area contributed by atoms with Crippen molar-refractivity contribution in [2.75, 3.05) is 48.0 Å². The first-order valence-electron chi connectivity index (χ1n) is 40.6. The number of aliphatic hydroxyl groups excluding tert-OH is 4. The van der Waals surface area contributed by atoms with Gasteiger partial charge in [0, 0.05) is 54.5 Å². The Morgan fingerprint density at radius 1 is 0.438 bits per heavy atom. The summed E-state index contributed by atoms with van der Waals surface area (Å²) in [6, 6.07) is 61.2.